The molecular formula is C36H39NbSi. The number of rotatable bonds is 5. The molecule has 2 unspecified atom stereocenters. The van der Waals surface area contributed by atoms with E-state index in [-0.39, 0.29) is 0 Å². The van der Waals surface area contributed by atoms with E-state index in [1.165, 1.54) is 33.4 Å². The third-order valence-electron chi connectivity index (χ3n) is 9.90. The standard InChI is InChI=1S/2C16H13.C2H7Si.2CH3.Nb/c2*1-12-10-14-8-5-9-15(16(14)11-12)13-6-3-2-4-7-13;1-3-2;;;/h2*2-11H,1H3;3H,1-2H3;2*1H3;. The molecule has 0 heterocycles. The van der Waals surface area contributed by atoms with Crippen molar-refractivity contribution < 1.29 is 15.1 Å². The molecule has 0 saturated carbocycles. The van der Waals surface area contributed by atoms with Crippen molar-refractivity contribution >= 4 is 18.7 Å². The Labute approximate surface area is 230 Å². The molecule has 38 heavy (non-hydrogen) atoms. The predicted molar refractivity (Wildman–Crippen MR) is 167 cm³/mol. The third-order valence-corrected chi connectivity index (χ3v) is 52.1. The quantitative estimate of drug-likeness (QED) is 0.202. The van der Waals surface area contributed by atoms with Gasteiger partial charge in [0.05, 0.1) is 0 Å². The van der Waals surface area contributed by atoms with E-state index in [0.717, 1.165) is 0 Å². The average molecular weight is 593 g/mol. The Morgan fingerprint density at radius 1 is 0.526 bits per heavy atom. The first-order valence-corrected chi connectivity index (χ1v) is 27.5. The van der Waals surface area contributed by atoms with Crippen LogP contribution in [0, 0.1) is 0 Å². The summed E-state index contributed by atoms with van der Waals surface area (Å²) >= 11 is -3.45. The Morgan fingerprint density at radius 3 is 1.29 bits per heavy atom. The summed E-state index contributed by atoms with van der Waals surface area (Å²) in [5.41, 5.74) is 14.7. The summed E-state index contributed by atoms with van der Waals surface area (Å²) in [6.45, 7) is 9.13. The minimum absolute atomic E-state index is 0.577. The van der Waals surface area contributed by atoms with Gasteiger partial charge in [-0.1, -0.05) is 0 Å². The summed E-state index contributed by atoms with van der Waals surface area (Å²) in [6, 6.07) is 36.1. The molecule has 0 aromatic heterocycles. The molecule has 6 rings (SSSR count). The summed E-state index contributed by atoms with van der Waals surface area (Å²) in [4.78, 5) is 0. The first kappa shape index (κ1) is 25.6. The molecule has 0 amide bonds. The van der Waals surface area contributed by atoms with Crippen LogP contribution in [0.1, 0.15) is 44.4 Å². The molecule has 2 atom stereocenters. The first-order chi connectivity index (χ1) is 18.2. The molecule has 0 bridgehead atoms. The van der Waals surface area contributed by atoms with Gasteiger partial charge < -0.3 is 0 Å². The molecule has 0 fully saturated rings. The van der Waals surface area contributed by atoms with Gasteiger partial charge >= 0.3 is 232 Å². The molecule has 0 radical (unpaired) electrons. The van der Waals surface area contributed by atoms with Crippen LogP contribution in [0.15, 0.2) is 108 Å². The number of fused-ring (bicyclic) bond motifs is 2. The monoisotopic (exact) mass is 592 g/mol. The van der Waals surface area contributed by atoms with Gasteiger partial charge in [-0.3, -0.25) is 0 Å². The van der Waals surface area contributed by atoms with Crippen molar-refractivity contribution in [1.82, 2.24) is 0 Å². The number of hydrogen-bond acceptors (Lipinski definition) is 0. The number of hydrogen-bond donors (Lipinski definition) is 0. The second-order valence-electron chi connectivity index (χ2n) is 12.5. The zero-order valence-corrected chi connectivity index (χ0v) is 26.9. The first-order valence-electron chi connectivity index (χ1n) is 13.9. The number of benzene rings is 4. The molecule has 2 aliphatic carbocycles. The maximum absolute atomic E-state index is 3.45. The van der Waals surface area contributed by atoms with Crippen molar-refractivity contribution in [3.05, 3.63) is 130 Å². The average Bonchev–Trinajstić information content (AvgIpc) is 3.46. The van der Waals surface area contributed by atoms with Crippen LogP contribution in [-0.2, 0) is 15.1 Å². The third kappa shape index (κ3) is 3.67. The molecule has 0 N–H and O–H groups in total. The zero-order chi connectivity index (χ0) is 26.7. The van der Waals surface area contributed by atoms with E-state index in [2.05, 4.69) is 146 Å². The Hall–Kier alpha value is -2.68. The predicted octanol–water partition coefficient (Wildman–Crippen LogP) is 10.4. The Morgan fingerprint density at radius 2 is 0.921 bits per heavy atom. The maximum atomic E-state index is 2.84. The van der Waals surface area contributed by atoms with E-state index in [1.807, 2.05) is 0 Å². The van der Waals surface area contributed by atoms with Gasteiger partial charge in [0.1, 0.15) is 0 Å². The van der Waals surface area contributed by atoms with Crippen LogP contribution in [0.5, 0.6) is 0 Å². The van der Waals surface area contributed by atoms with Crippen LogP contribution in [0.25, 0.3) is 34.4 Å². The van der Waals surface area contributed by atoms with E-state index >= 15 is 0 Å². The molecule has 0 nitrogen and oxygen atoms in total. The van der Waals surface area contributed by atoms with Crippen LogP contribution in [-0.4, -0.2) is 6.56 Å². The van der Waals surface area contributed by atoms with Crippen molar-refractivity contribution in [2.75, 3.05) is 0 Å². The van der Waals surface area contributed by atoms with Crippen molar-refractivity contribution in [2.24, 2.45) is 0 Å². The Kier molecular flexibility index (Phi) is 6.20. The van der Waals surface area contributed by atoms with Crippen LogP contribution in [0.3, 0.4) is 0 Å². The SMILES string of the molecule is CC1=Cc2c(-c3ccccc3)cccc2[CH]1[Nb]([CH3])([CH3])([CH]1C(C)=Cc2c(-c3ccccc3)cccc21)[SiH](C)C. The van der Waals surface area contributed by atoms with E-state index < -0.39 is 21.6 Å². The van der Waals surface area contributed by atoms with Crippen molar-refractivity contribution in [3.8, 4) is 22.3 Å². The van der Waals surface area contributed by atoms with Crippen LogP contribution >= 0.6 is 0 Å². The van der Waals surface area contributed by atoms with Gasteiger partial charge in [-0.15, -0.1) is 0 Å². The van der Waals surface area contributed by atoms with Gasteiger partial charge in [-0.2, -0.15) is 0 Å². The summed E-state index contributed by atoms with van der Waals surface area (Å²) < 4.78 is 1.15. The van der Waals surface area contributed by atoms with Crippen LogP contribution < -0.4 is 0 Å². The number of allylic oxidation sites excluding steroid dienone is 2. The van der Waals surface area contributed by atoms with E-state index in [0.29, 0.717) is 8.27 Å². The normalized spacial score (nSPS) is 19.4. The van der Waals surface area contributed by atoms with Crippen molar-refractivity contribution in [2.45, 2.75) is 45.5 Å². The molecule has 2 heteroatoms. The van der Waals surface area contributed by atoms with Crippen molar-refractivity contribution in [3.63, 3.8) is 0 Å². The molecular weight excluding hydrogens is 553 g/mol. The van der Waals surface area contributed by atoms with Gasteiger partial charge in [0, 0.05) is 0 Å². The van der Waals surface area contributed by atoms with Crippen LogP contribution in [0.4, 0.5) is 0 Å². The van der Waals surface area contributed by atoms with Crippen LogP contribution in [0.2, 0.25) is 23.4 Å². The van der Waals surface area contributed by atoms with Gasteiger partial charge in [-0.05, 0) is 0 Å². The molecule has 0 saturated heterocycles. The Bertz CT molecular complexity index is 1480. The molecule has 4 aromatic carbocycles. The van der Waals surface area contributed by atoms with E-state index in [4.69, 9.17) is 0 Å². The molecule has 192 valence electrons. The molecule has 4 aromatic rings. The topological polar surface area (TPSA) is 0 Å². The Balaban J connectivity index is 1.56. The minimum atomic E-state index is -3.45. The summed E-state index contributed by atoms with van der Waals surface area (Å²) in [6.07, 6.45) is 5.10. The van der Waals surface area contributed by atoms with Crippen molar-refractivity contribution in [1.29, 1.82) is 0 Å². The zero-order valence-electron chi connectivity index (χ0n) is 23.6. The molecule has 0 aliphatic heterocycles. The second-order valence-corrected chi connectivity index (χ2v) is 46.5. The summed E-state index contributed by atoms with van der Waals surface area (Å²) in [5, 5.41) is 5.67. The van der Waals surface area contributed by atoms with E-state index in [9.17, 15) is 0 Å². The molecule has 0 spiro atoms. The summed E-state index contributed by atoms with van der Waals surface area (Å²) in [5.74, 6) is 0. The van der Waals surface area contributed by atoms with Gasteiger partial charge in [0.15, 0.2) is 0 Å². The fourth-order valence-corrected chi connectivity index (χ4v) is 35.2. The van der Waals surface area contributed by atoms with Gasteiger partial charge in [0.25, 0.3) is 0 Å². The second kappa shape index (κ2) is 9.21. The molecule has 2 aliphatic rings. The van der Waals surface area contributed by atoms with Gasteiger partial charge in [0.2, 0.25) is 0 Å². The fraction of sp³-hybridized carbons (Fsp3) is 0.222. The fourth-order valence-electron chi connectivity index (χ4n) is 7.72. The van der Waals surface area contributed by atoms with E-state index in [1.54, 1.807) is 22.3 Å². The van der Waals surface area contributed by atoms with Gasteiger partial charge in [-0.25, -0.2) is 0 Å². The summed E-state index contributed by atoms with van der Waals surface area (Å²) in [7, 11) is 0.